The van der Waals surface area contributed by atoms with E-state index in [0.29, 0.717) is 5.69 Å². The van der Waals surface area contributed by atoms with E-state index in [1.807, 2.05) is 13.8 Å². The zero-order valence-corrected chi connectivity index (χ0v) is 7.78. The van der Waals surface area contributed by atoms with Crippen LogP contribution in [0.5, 0.6) is 0 Å². The lowest BCUT2D eigenvalue weighted by Crippen LogP contribution is -2.07. The van der Waals surface area contributed by atoms with Crippen molar-refractivity contribution >= 4 is 11.6 Å². The van der Waals surface area contributed by atoms with Gasteiger partial charge in [0.05, 0.1) is 11.8 Å². The highest BCUT2D eigenvalue weighted by Crippen LogP contribution is 2.19. The predicted molar refractivity (Wildman–Crippen MR) is 46.8 cm³/mol. The molecule has 1 N–H and O–H groups in total. The maximum Gasteiger partial charge on any atom is 0.222 e. The van der Waals surface area contributed by atoms with Gasteiger partial charge in [-0.3, -0.25) is 0 Å². The minimum atomic E-state index is -0.564. The maximum atomic E-state index is 9.57. The van der Waals surface area contributed by atoms with Gasteiger partial charge in [0.1, 0.15) is 0 Å². The van der Waals surface area contributed by atoms with Crippen LogP contribution in [0.4, 0.5) is 0 Å². The monoisotopic (exact) mass is 186 g/mol. The maximum absolute atomic E-state index is 9.57. The minimum absolute atomic E-state index is 0.135. The minimum Gasteiger partial charge on any atom is -0.387 e. The summed E-state index contributed by atoms with van der Waals surface area (Å²) in [7, 11) is 0. The van der Waals surface area contributed by atoms with Crippen LogP contribution in [0.25, 0.3) is 0 Å². The molecule has 1 aromatic heterocycles. The van der Waals surface area contributed by atoms with Gasteiger partial charge in [0.25, 0.3) is 0 Å². The Morgan fingerprint density at radius 1 is 1.50 bits per heavy atom. The van der Waals surface area contributed by atoms with Gasteiger partial charge in [-0.2, -0.15) is 0 Å². The molecule has 1 unspecified atom stereocenters. The number of rotatable bonds is 2. The third kappa shape index (κ3) is 2.16. The van der Waals surface area contributed by atoms with Gasteiger partial charge in [-0.15, -0.1) is 0 Å². The molecule has 1 aromatic rings. The van der Waals surface area contributed by atoms with Gasteiger partial charge in [-0.05, 0) is 23.6 Å². The lowest BCUT2D eigenvalue weighted by Gasteiger charge is -2.12. The molecular formula is C8H11ClN2O. The molecule has 0 aliphatic heterocycles. The lowest BCUT2D eigenvalue weighted by atomic mass is 10.0. The quantitative estimate of drug-likeness (QED) is 0.717. The fraction of sp³-hybridized carbons (Fsp3) is 0.500. The van der Waals surface area contributed by atoms with Crippen molar-refractivity contribution in [3.63, 3.8) is 0 Å². The second-order valence-electron chi connectivity index (χ2n) is 2.94. The van der Waals surface area contributed by atoms with Crippen LogP contribution in [0.1, 0.15) is 25.6 Å². The summed E-state index contributed by atoms with van der Waals surface area (Å²) < 4.78 is 0. The van der Waals surface area contributed by atoms with Crippen molar-refractivity contribution in [2.45, 2.75) is 20.0 Å². The van der Waals surface area contributed by atoms with Crippen LogP contribution in [0, 0.1) is 5.92 Å². The van der Waals surface area contributed by atoms with E-state index in [9.17, 15) is 5.11 Å². The molecule has 0 bridgehead atoms. The Balaban J connectivity index is 2.88. The molecule has 1 heterocycles. The SMILES string of the molecule is CC(C)C(O)c1ccnc(Cl)n1. The average Bonchev–Trinajstić information content (AvgIpc) is 2.03. The van der Waals surface area contributed by atoms with Crippen molar-refractivity contribution in [2.24, 2.45) is 5.92 Å². The van der Waals surface area contributed by atoms with E-state index in [4.69, 9.17) is 11.6 Å². The Bertz CT molecular complexity index is 265. The molecule has 0 radical (unpaired) electrons. The van der Waals surface area contributed by atoms with E-state index in [1.165, 1.54) is 6.20 Å². The zero-order chi connectivity index (χ0) is 9.14. The van der Waals surface area contributed by atoms with Gasteiger partial charge < -0.3 is 5.11 Å². The molecule has 1 rings (SSSR count). The number of aromatic nitrogens is 2. The number of hydrogen-bond donors (Lipinski definition) is 1. The first-order chi connectivity index (χ1) is 5.61. The summed E-state index contributed by atoms with van der Waals surface area (Å²) in [5.74, 6) is 0.135. The molecule has 66 valence electrons. The van der Waals surface area contributed by atoms with E-state index in [1.54, 1.807) is 6.07 Å². The molecule has 0 amide bonds. The molecule has 0 spiro atoms. The molecule has 12 heavy (non-hydrogen) atoms. The first-order valence-corrected chi connectivity index (χ1v) is 4.15. The summed E-state index contributed by atoms with van der Waals surface area (Å²) in [6, 6.07) is 1.66. The number of aliphatic hydroxyl groups is 1. The second-order valence-corrected chi connectivity index (χ2v) is 3.28. The largest absolute Gasteiger partial charge is 0.387 e. The third-order valence-corrected chi connectivity index (χ3v) is 1.76. The van der Waals surface area contributed by atoms with Gasteiger partial charge in [0.2, 0.25) is 5.28 Å². The Kier molecular flexibility index (Phi) is 3.00. The van der Waals surface area contributed by atoms with Crippen LogP contribution < -0.4 is 0 Å². The van der Waals surface area contributed by atoms with Crippen LogP contribution in [0.2, 0.25) is 5.28 Å². The van der Waals surface area contributed by atoms with Crippen molar-refractivity contribution in [1.29, 1.82) is 0 Å². The summed E-state index contributed by atoms with van der Waals surface area (Å²) >= 11 is 5.56. The van der Waals surface area contributed by atoms with E-state index >= 15 is 0 Å². The Morgan fingerprint density at radius 2 is 2.17 bits per heavy atom. The van der Waals surface area contributed by atoms with Crippen LogP contribution in [0.15, 0.2) is 12.3 Å². The van der Waals surface area contributed by atoms with E-state index < -0.39 is 6.10 Å². The van der Waals surface area contributed by atoms with Gasteiger partial charge >= 0.3 is 0 Å². The standard InChI is InChI=1S/C8H11ClN2O/c1-5(2)7(12)6-3-4-10-8(9)11-6/h3-5,7,12H,1-2H3. The van der Waals surface area contributed by atoms with E-state index in [2.05, 4.69) is 9.97 Å². The van der Waals surface area contributed by atoms with Gasteiger partial charge in [0.15, 0.2) is 0 Å². The number of aliphatic hydroxyl groups excluding tert-OH is 1. The predicted octanol–water partition coefficient (Wildman–Crippen LogP) is 1.82. The lowest BCUT2D eigenvalue weighted by molar-refractivity contribution is 0.122. The first kappa shape index (κ1) is 9.42. The fourth-order valence-electron chi connectivity index (χ4n) is 0.854. The van der Waals surface area contributed by atoms with Crippen molar-refractivity contribution in [3.05, 3.63) is 23.2 Å². The van der Waals surface area contributed by atoms with Crippen LogP contribution in [0.3, 0.4) is 0 Å². The van der Waals surface area contributed by atoms with Crippen LogP contribution in [-0.4, -0.2) is 15.1 Å². The molecule has 0 aliphatic rings. The summed E-state index contributed by atoms with van der Waals surface area (Å²) in [6.45, 7) is 3.83. The molecule has 0 fully saturated rings. The second kappa shape index (κ2) is 3.83. The van der Waals surface area contributed by atoms with E-state index in [0.717, 1.165) is 0 Å². The van der Waals surface area contributed by atoms with Crippen LogP contribution in [-0.2, 0) is 0 Å². The topological polar surface area (TPSA) is 46.0 Å². The van der Waals surface area contributed by atoms with Crippen LogP contribution >= 0.6 is 11.6 Å². The van der Waals surface area contributed by atoms with E-state index in [-0.39, 0.29) is 11.2 Å². The summed E-state index contributed by atoms with van der Waals surface area (Å²) in [5.41, 5.74) is 0.574. The number of hydrogen-bond acceptors (Lipinski definition) is 3. The molecule has 0 saturated heterocycles. The smallest absolute Gasteiger partial charge is 0.222 e. The average molecular weight is 187 g/mol. The third-order valence-electron chi connectivity index (χ3n) is 1.58. The van der Waals surface area contributed by atoms with Crippen molar-refractivity contribution < 1.29 is 5.11 Å². The molecule has 4 heteroatoms. The fourth-order valence-corrected chi connectivity index (χ4v) is 1.01. The van der Waals surface area contributed by atoms with Crippen molar-refractivity contribution in [3.8, 4) is 0 Å². The molecule has 0 saturated carbocycles. The Hall–Kier alpha value is -0.670. The normalized spacial score (nSPS) is 13.4. The highest BCUT2D eigenvalue weighted by atomic mass is 35.5. The Morgan fingerprint density at radius 3 is 2.67 bits per heavy atom. The highest BCUT2D eigenvalue weighted by Gasteiger charge is 2.13. The molecule has 1 atom stereocenters. The number of nitrogens with zero attached hydrogens (tertiary/aromatic N) is 2. The van der Waals surface area contributed by atoms with Gasteiger partial charge in [0, 0.05) is 6.20 Å². The van der Waals surface area contributed by atoms with Crippen molar-refractivity contribution in [1.82, 2.24) is 9.97 Å². The summed E-state index contributed by atoms with van der Waals surface area (Å²) in [5, 5.41) is 9.75. The first-order valence-electron chi connectivity index (χ1n) is 3.77. The van der Waals surface area contributed by atoms with Gasteiger partial charge in [-0.25, -0.2) is 9.97 Å². The molecular weight excluding hydrogens is 176 g/mol. The summed E-state index contributed by atoms with van der Waals surface area (Å²) in [6.07, 6.45) is 0.974. The summed E-state index contributed by atoms with van der Waals surface area (Å²) in [4.78, 5) is 7.62. The zero-order valence-electron chi connectivity index (χ0n) is 7.03. The Labute approximate surface area is 76.4 Å². The van der Waals surface area contributed by atoms with Gasteiger partial charge in [-0.1, -0.05) is 13.8 Å². The molecule has 3 nitrogen and oxygen atoms in total. The molecule has 0 aliphatic carbocycles. The number of halogens is 1. The van der Waals surface area contributed by atoms with Crippen molar-refractivity contribution in [2.75, 3.05) is 0 Å². The highest BCUT2D eigenvalue weighted by molar-refractivity contribution is 6.28. The molecule has 0 aromatic carbocycles.